The summed E-state index contributed by atoms with van der Waals surface area (Å²) in [5, 5.41) is 5.15. The molecule has 0 aromatic heterocycles. The number of hydrogen-bond acceptors (Lipinski definition) is 3. The van der Waals surface area contributed by atoms with Crippen LogP contribution in [0.2, 0.25) is 0 Å². The largest absolute Gasteiger partial charge is 0.348 e. The molecular formula is C11H23N3O2. The Hall–Kier alpha value is -1.10. The zero-order valence-corrected chi connectivity index (χ0v) is 10.7. The zero-order valence-electron chi connectivity index (χ0n) is 10.7. The summed E-state index contributed by atoms with van der Waals surface area (Å²) in [5.41, 5.74) is 0. The molecule has 0 heterocycles. The Bertz CT molecular complexity index is 203. The molecule has 16 heavy (non-hydrogen) atoms. The van der Waals surface area contributed by atoms with Crippen molar-refractivity contribution in [3.63, 3.8) is 0 Å². The van der Waals surface area contributed by atoms with Crippen LogP contribution in [0.5, 0.6) is 0 Å². The van der Waals surface area contributed by atoms with Crippen LogP contribution < -0.4 is 10.6 Å². The Morgan fingerprint density at radius 1 is 1.06 bits per heavy atom. The molecular weight excluding hydrogens is 206 g/mol. The molecule has 2 amide bonds. The number of hydrogen-bond donors (Lipinski definition) is 2. The van der Waals surface area contributed by atoms with Gasteiger partial charge in [-0.25, -0.2) is 0 Å². The second kappa shape index (κ2) is 8.10. The lowest BCUT2D eigenvalue weighted by atomic mass is 10.1. The topological polar surface area (TPSA) is 61.4 Å². The highest BCUT2D eigenvalue weighted by molar-refractivity contribution is 6.35. The van der Waals surface area contributed by atoms with Crippen molar-refractivity contribution in [3.05, 3.63) is 0 Å². The van der Waals surface area contributed by atoms with Gasteiger partial charge >= 0.3 is 11.8 Å². The van der Waals surface area contributed by atoms with E-state index in [1.54, 1.807) is 0 Å². The molecule has 0 radical (unpaired) electrons. The third kappa shape index (κ3) is 8.23. The fourth-order valence-electron chi connectivity index (χ4n) is 1.03. The lowest BCUT2D eigenvalue weighted by Gasteiger charge is -2.10. The monoisotopic (exact) mass is 229 g/mol. The Morgan fingerprint density at radius 3 is 2.00 bits per heavy atom. The maximum Gasteiger partial charge on any atom is 0.309 e. The number of nitrogens with one attached hydrogen (secondary N) is 2. The number of nitrogens with zero attached hydrogens (tertiary/aromatic N) is 1. The van der Waals surface area contributed by atoms with Crippen molar-refractivity contribution in [2.24, 2.45) is 5.92 Å². The fourth-order valence-corrected chi connectivity index (χ4v) is 1.03. The van der Waals surface area contributed by atoms with Gasteiger partial charge in [-0.05, 0) is 26.4 Å². The van der Waals surface area contributed by atoms with E-state index >= 15 is 0 Å². The minimum absolute atomic E-state index is 0.490. The van der Waals surface area contributed by atoms with Crippen LogP contribution in [0, 0.1) is 5.92 Å². The summed E-state index contributed by atoms with van der Waals surface area (Å²) < 4.78 is 0. The first kappa shape index (κ1) is 14.9. The van der Waals surface area contributed by atoms with Crippen LogP contribution in [0.4, 0.5) is 0 Å². The van der Waals surface area contributed by atoms with Gasteiger partial charge in [0, 0.05) is 19.6 Å². The highest BCUT2D eigenvalue weighted by Crippen LogP contribution is 1.95. The van der Waals surface area contributed by atoms with Crippen LogP contribution in [0.25, 0.3) is 0 Å². The molecule has 2 N–H and O–H groups in total. The van der Waals surface area contributed by atoms with Crippen LogP contribution >= 0.6 is 0 Å². The smallest absolute Gasteiger partial charge is 0.309 e. The Balaban J connectivity index is 3.62. The van der Waals surface area contributed by atoms with E-state index < -0.39 is 11.8 Å². The number of carbonyl (C=O) groups excluding carboxylic acids is 2. The van der Waals surface area contributed by atoms with Gasteiger partial charge in [0.25, 0.3) is 0 Å². The summed E-state index contributed by atoms with van der Waals surface area (Å²) in [6.07, 6.45) is 0.886. The minimum Gasteiger partial charge on any atom is -0.348 e. The SMILES string of the molecule is CC(C)CCNC(=O)C(=O)NCCN(C)C. The predicted molar refractivity (Wildman–Crippen MR) is 64.0 cm³/mol. The first-order chi connectivity index (χ1) is 7.43. The Labute approximate surface area is 97.6 Å². The third-order valence-corrected chi connectivity index (χ3v) is 2.06. The molecule has 0 fully saturated rings. The predicted octanol–water partition coefficient (Wildman–Crippen LogP) is -0.173. The summed E-state index contributed by atoms with van der Waals surface area (Å²) in [5.74, 6) is -0.567. The number of carbonyl (C=O) groups is 2. The number of likely N-dealkylation sites (N-methyl/N-ethyl adjacent to an activating group) is 1. The van der Waals surface area contributed by atoms with Gasteiger partial charge in [-0.2, -0.15) is 0 Å². The molecule has 0 aliphatic heterocycles. The van der Waals surface area contributed by atoms with E-state index in [1.165, 1.54) is 0 Å². The summed E-state index contributed by atoms with van der Waals surface area (Å²) >= 11 is 0. The Kier molecular flexibility index (Phi) is 7.54. The number of rotatable bonds is 6. The van der Waals surface area contributed by atoms with Crippen molar-refractivity contribution in [2.75, 3.05) is 33.7 Å². The summed E-state index contributed by atoms with van der Waals surface area (Å²) in [6.45, 7) is 5.92. The van der Waals surface area contributed by atoms with Gasteiger partial charge in [0.2, 0.25) is 0 Å². The Morgan fingerprint density at radius 2 is 1.56 bits per heavy atom. The number of amides is 2. The molecule has 0 bridgehead atoms. The van der Waals surface area contributed by atoms with Gasteiger partial charge in [-0.1, -0.05) is 13.8 Å². The zero-order chi connectivity index (χ0) is 12.6. The van der Waals surface area contributed by atoms with Gasteiger partial charge in [-0.15, -0.1) is 0 Å². The van der Waals surface area contributed by atoms with Crippen molar-refractivity contribution in [1.82, 2.24) is 15.5 Å². The molecule has 0 saturated heterocycles. The van der Waals surface area contributed by atoms with E-state index in [2.05, 4.69) is 24.5 Å². The van der Waals surface area contributed by atoms with Crippen molar-refractivity contribution >= 4 is 11.8 Å². The third-order valence-electron chi connectivity index (χ3n) is 2.06. The minimum atomic E-state index is -0.550. The van der Waals surface area contributed by atoms with E-state index in [-0.39, 0.29) is 0 Å². The summed E-state index contributed by atoms with van der Waals surface area (Å²) in [7, 11) is 3.82. The van der Waals surface area contributed by atoms with E-state index in [0.717, 1.165) is 13.0 Å². The first-order valence-electron chi connectivity index (χ1n) is 5.64. The van der Waals surface area contributed by atoms with Crippen LogP contribution in [-0.2, 0) is 9.59 Å². The molecule has 0 aromatic rings. The molecule has 0 unspecified atom stereocenters. The summed E-state index contributed by atoms with van der Waals surface area (Å²) in [4.78, 5) is 24.5. The first-order valence-corrected chi connectivity index (χ1v) is 5.64. The fraction of sp³-hybridized carbons (Fsp3) is 0.818. The van der Waals surface area contributed by atoms with Crippen LogP contribution in [0.1, 0.15) is 20.3 Å². The highest BCUT2D eigenvalue weighted by Gasteiger charge is 2.11. The van der Waals surface area contributed by atoms with Crippen molar-refractivity contribution in [2.45, 2.75) is 20.3 Å². The average molecular weight is 229 g/mol. The standard InChI is InChI=1S/C11H23N3O2/c1-9(2)5-6-12-10(15)11(16)13-7-8-14(3)4/h9H,5-8H2,1-4H3,(H,12,15)(H,13,16). The van der Waals surface area contributed by atoms with Crippen molar-refractivity contribution in [3.8, 4) is 0 Å². The van der Waals surface area contributed by atoms with E-state index in [9.17, 15) is 9.59 Å². The average Bonchev–Trinajstić information content (AvgIpc) is 2.16. The van der Waals surface area contributed by atoms with Crippen LogP contribution in [-0.4, -0.2) is 50.4 Å². The van der Waals surface area contributed by atoms with E-state index in [0.29, 0.717) is 19.0 Å². The van der Waals surface area contributed by atoms with Crippen molar-refractivity contribution < 1.29 is 9.59 Å². The molecule has 94 valence electrons. The molecule has 0 aliphatic carbocycles. The van der Waals surface area contributed by atoms with Crippen LogP contribution in [0.3, 0.4) is 0 Å². The maximum absolute atomic E-state index is 11.3. The normalized spacial score (nSPS) is 10.6. The molecule has 5 nitrogen and oxygen atoms in total. The highest BCUT2D eigenvalue weighted by atomic mass is 16.2. The van der Waals surface area contributed by atoms with Gasteiger partial charge in [0.1, 0.15) is 0 Å². The molecule has 0 aromatic carbocycles. The molecule has 5 heteroatoms. The van der Waals surface area contributed by atoms with Gasteiger partial charge in [-0.3, -0.25) is 9.59 Å². The maximum atomic E-state index is 11.3. The van der Waals surface area contributed by atoms with E-state index in [4.69, 9.17) is 0 Å². The van der Waals surface area contributed by atoms with Gasteiger partial charge < -0.3 is 15.5 Å². The lowest BCUT2D eigenvalue weighted by Crippen LogP contribution is -2.42. The molecule has 0 aliphatic rings. The molecule has 0 saturated carbocycles. The van der Waals surface area contributed by atoms with Gasteiger partial charge in [0.15, 0.2) is 0 Å². The molecule has 0 spiro atoms. The van der Waals surface area contributed by atoms with Crippen molar-refractivity contribution in [1.29, 1.82) is 0 Å². The lowest BCUT2D eigenvalue weighted by molar-refractivity contribution is -0.139. The van der Waals surface area contributed by atoms with Gasteiger partial charge in [0.05, 0.1) is 0 Å². The van der Waals surface area contributed by atoms with E-state index in [1.807, 2.05) is 19.0 Å². The quantitative estimate of drug-likeness (QED) is 0.621. The summed E-state index contributed by atoms with van der Waals surface area (Å²) in [6, 6.07) is 0. The van der Waals surface area contributed by atoms with Crippen LogP contribution in [0.15, 0.2) is 0 Å². The molecule has 0 rings (SSSR count). The molecule has 0 atom stereocenters. The second-order valence-electron chi connectivity index (χ2n) is 4.50. The second-order valence-corrected chi connectivity index (χ2v) is 4.50.